The molecule has 0 aromatic rings. The third kappa shape index (κ3) is 1.94. The molecule has 3 rings (SSSR count). The molecule has 0 heterocycles. The highest BCUT2D eigenvalue weighted by molar-refractivity contribution is 5.94. The average Bonchev–Trinajstić information content (AvgIpc) is 2.28. The zero-order valence-electron chi connectivity index (χ0n) is 10.8. The lowest BCUT2D eigenvalue weighted by Crippen LogP contribution is -2.56. The van der Waals surface area contributed by atoms with Crippen molar-refractivity contribution in [3.05, 3.63) is 0 Å². The van der Waals surface area contributed by atoms with Gasteiger partial charge in [-0.2, -0.15) is 0 Å². The normalized spacial score (nSPS) is 36.4. The van der Waals surface area contributed by atoms with E-state index in [1.54, 1.807) is 6.92 Å². The molecule has 2 bridgehead atoms. The van der Waals surface area contributed by atoms with Crippen LogP contribution in [0.1, 0.15) is 40.0 Å². The summed E-state index contributed by atoms with van der Waals surface area (Å²) in [6, 6.07) is 0. The van der Waals surface area contributed by atoms with Crippen molar-refractivity contribution in [1.82, 2.24) is 0 Å². The first-order chi connectivity index (χ1) is 8.00. The van der Waals surface area contributed by atoms with Gasteiger partial charge >= 0.3 is 5.97 Å². The fourth-order valence-electron chi connectivity index (χ4n) is 3.43. The number of nitrogens with zero attached hydrogens (tertiary/aromatic N) is 1. The van der Waals surface area contributed by atoms with E-state index in [1.165, 1.54) is 0 Å². The molecular formula is C13H21NO3. The number of hydrogen-bond donors (Lipinski definition) is 1. The molecule has 0 amide bonds. The van der Waals surface area contributed by atoms with Gasteiger partial charge in [-0.15, -0.1) is 0 Å². The first-order valence-corrected chi connectivity index (χ1v) is 6.38. The molecule has 4 heteroatoms. The topological polar surface area (TPSA) is 58.9 Å². The highest BCUT2D eigenvalue weighted by atomic mass is 16.5. The summed E-state index contributed by atoms with van der Waals surface area (Å²) in [7, 11) is 0. The van der Waals surface area contributed by atoms with E-state index in [0.29, 0.717) is 24.9 Å². The Labute approximate surface area is 102 Å². The van der Waals surface area contributed by atoms with Crippen LogP contribution in [0.4, 0.5) is 0 Å². The molecule has 3 aliphatic rings. The minimum atomic E-state index is -0.183. The fraction of sp³-hybridized carbons (Fsp3) is 0.846. The minimum absolute atomic E-state index is 0.0795. The molecule has 0 saturated heterocycles. The van der Waals surface area contributed by atoms with Crippen molar-refractivity contribution < 1.29 is 14.7 Å². The quantitative estimate of drug-likeness (QED) is 0.467. The standard InChI is InChI=1S/C13H21NO3/c1-4-17-11(15)6-8-5-9-7-10(12(8)14-16)13(9,2)3/h8-10,16H,4-7H2,1-3H3/b14-12+/t8-,9-,10-/m1/s1. The monoisotopic (exact) mass is 239 g/mol. The highest BCUT2D eigenvalue weighted by Gasteiger charge is 2.56. The third-order valence-electron chi connectivity index (χ3n) is 4.65. The van der Waals surface area contributed by atoms with E-state index in [2.05, 4.69) is 19.0 Å². The van der Waals surface area contributed by atoms with Crippen LogP contribution in [0.15, 0.2) is 5.16 Å². The Hall–Kier alpha value is -1.06. The summed E-state index contributed by atoms with van der Waals surface area (Å²) in [6.07, 6.45) is 2.41. The van der Waals surface area contributed by atoms with Gasteiger partial charge in [-0.25, -0.2) is 0 Å². The van der Waals surface area contributed by atoms with E-state index in [0.717, 1.165) is 18.6 Å². The molecule has 96 valence electrons. The molecule has 4 nitrogen and oxygen atoms in total. The number of fused-ring (bicyclic) bond motifs is 2. The first kappa shape index (κ1) is 12.4. The van der Waals surface area contributed by atoms with E-state index < -0.39 is 0 Å². The molecule has 0 aromatic carbocycles. The summed E-state index contributed by atoms with van der Waals surface area (Å²) in [5, 5.41) is 12.6. The Kier molecular flexibility index (Phi) is 3.15. The summed E-state index contributed by atoms with van der Waals surface area (Å²) in [5.41, 5.74) is 1.04. The molecule has 0 aliphatic heterocycles. The van der Waals surface area contributed by atoms with Gasteiger partial charge in [0, 0.05) is 11.8 Å². The van der Waals surface area contributed by atoms with Gasteiger partial charge in [-0.1, -0.05) is 19.0 Å². The second-order valence-corrected chi connectivity index (χ2v) is 5.77. The lowest BCUT2D eigenvalue weighted by molar-refractivity contribution is -0.144. The molecular weight excluding hydrogens is 218 g/mol. The van der Waals surface area contributed by atoms with Crippen molar-refractivity contribution in [3.63, 3.8) is 0 Å². The maximum absolute atomic E-state index is 11.5. The van der Waals surface area contributed by atoms with E-state index in [4.69, 9.17) is 9.94 Å². The second-order valence-electron chi connectivity index (χ2n) is 5.77. The summed E-state index contributed by atoms with van der Waals surface area (Å²) in [4.78, 5) is 11.5. The Morgan fingerprint density at radius 1 is 1.53 bits per heavy atom. The van der Waals surface area contributed by atoms with Crippen LogP contribution in [0.25, 0.3) is 0 Å². The molecule has 0 aromatic heterocycles. The Bertz CT molecular complexity index is 349. The molecule has 0 unspecified atom stereocenters. The van der Waals surface area contributed by atoms with Crippen LogP contribution in [0.3, 0.4) is 0 Å². The Morgan fingerprint density at radius 2 is 2.24 bits per heavy atom. The summed E-state index contributed by atoms with van der Waals surface area (Å²) in [5.74, 6) is 0.886. The van der Waals surface area contributed by atoms with Gasteiger partial charge in [0.15, 0.2) is 0 Å². The van der Waals surface area contributed by atoms with Crippen molar-refractivity contribution in [1.29, 1.82) is 0 Å². The highest BCUT2D eigenvalue weighted by Crippen LogP contribution is 2.59. The summed E-state index contributed by atoms with van der Waals surface area (Å²) < 4.78 is 4.96. The minimum Gasteiger partial charge on any atom is -0.466 e. The van der Waals surface area contributed by atoms with Gasteiger partial charge in [0.25, 0.3) is 0 Å². The maximum atomic E-state index is 11.5. The van der Waals surface area contributed by atoms with Gasteiger partial charge in [0.1, 0.15) is 0 Å². The number of hydrogen-bond acceptors (Lipinski definition) is 4. The van der Waals surface area contributed by atoms with Crippen LogP contribution in [0.5, 0.6) is 0 Å². The molecule has 3 fully saturated rings. The number of oxime groups is 1. The number of esters is 1. The molecule has 1 N–H and O–H groups in total. The average molecular weight is 239 g/mol. The van der Waals surface area contributed by atoms with Crippen LogP contribution in [0.2, 0.25) is 0 Å². The Morgan fingerprint density at radius 3 is 2.76 bits per heavy atom. The van der Waals surface area contributed by atoms with Crippen LogP contribution >= 0.6 is 0 Å². The first-order valence-electron chi connectivity index (χ1n) is 6.38. The number of rotatable bonds is 3. The second kappa shape index (κ2) is 4.31. The van der Waals surface area contributed by atoms with E-state index in [9.17, 15) is 4.79 Å². The van der Waals surface area contributed by atoms with Crippen molar-refractivity contribution in [3.8, 4) is 0 Å². The maximum Gasteiger partial charge on any atom is 0.306 e. The number of carbonyl (C=O) groups excluding carboxylic acids is 1. The van der Waals surface area contributed by atoms with Gasteiger partial charge in [0.2, 0.25) is 0 Å². The lowest BCUT2D eigenvalue weighted by Gasteiger charge is -2.58. The molecule has 3 atom stereocenters. The van der Waals surface area contributed by atoms with Crippen molar-refractivity contribution in [2.45, 2.75) is 40.0 Å². The van der Waals surface area contributed by atoms with Crippen molar-refractivity contribution >= 4 is 11.7 Å². The number of ether oxygens (including phenoxy) is 1. The summed E-state index contributed by atoms with van der Waals surface area (Å²) >= 11 is 0. The zero-order chi connectivity index (χ0) is 12.6. The smallest absolute Gasteiger partial charge is 0.306 e. The predicted molar refractivity (Wildman–Crippen MR) is 64.0 cm³/mol. The number of carbonyl (C=O) groups is 1. The van der Waals surface area contributed by atoms with Crippen LogP contribution in [-0.2, 0) is 9.53 Å². The SMILES string of the molecule is CCOC(=O)C[C@H]1C[C@@H]2C[C@H](/C1=N/O)C2(C)C. The van der Waals surface area contributed by atoms with Gasteiger partial charge < -0.3 is 9.94 Å². The third-order valence-corrected chi connectivity index (χ3v) is 4.65. The zero-order valence-corrected chi connectivity index (χ0v) is 10.8. The molecule has 3 saturated carbocycles. The van der Waals surface area contributed by atoms with Crippen molar-refractivity contribution in [2.75, 3.05) is 6.61 Å². The van der Waals surface area contributed by atoms with Gasteiger partial charge in [-0.05, 0) is 31.1 Å². The predicted octanol–water partition coefficient (Wildman–Crippen LogP) is 2.45. The van der Waals surface area contributed by atoms with E-state index >= 15 is 0 Å². The molecule has 17 heavy (non-hydrogen) atoms. The fourth-order valence-corrected chi connectivity index (χ4v) is 3.43. The van der Waals surface area contributed by atoms with Crippen molar-refractivity contribution in [2.24, 2.45) is 28.3 Å². The van der Waals surface area contributed by atoms with Gasteiger partial charge in [-0.3, -0.25) is 4.79 Å². The van der Waals surface area contributed by atoms with E-state index in [-0.39, 0.29) is 17.3 Å². The van der Waals surface area contributed by atoms with E-state index in [1.807, 2.05) is 0 Å². The summed E-state index contributed by atoms with van der Waals surface area (Å²) in [6.45, 7) is 6.66. The van der Waals surface area contributed by atoms with Crippen LogP contribution in [-0.4, -0.2) is 23.5 Å². The van der Waals surface area contributed by atoms with Gasteiger partial charge in [0.05, 0.1) is 18.7 Å². The van der Waals surface area contributed by atoms with Crippen LogP contribution in [0, 0.1) is 23.2 Å². The van der Waals surface area contributed by atoms with Crippen LogP contribution < -0.4 is 0 Å². The molecule has 0 spiro atoms. The largest absolute Gasteiger partial charge is 0.466 e. The molecule has 3 aliphatic carbocycles. The Balaban J connectivity index is 2.04. The molecule has 0 radical (unpaired) electrons. The lowest BCUT2D eigenvalue weighted by atomic mass is 9.46.